The summed E-state index contributed by atoms with van der Waals surface area (Å²) >= 11 is 2.08. The molecule has 0 aromatic heterocycles. The van der Waals surface area contributed by atoms with E-state index in [0.717, 1.165) is 53.9 Å². The second-order valence-electron chi connectivity index (χ2n) is 14.5. The fourth-order valence-corrected chi connectivity index (χ4v) is 10.3. The quantitative estimate of drug-likeness (QED) is 0.170. The number of hydrogen-bond acceptors (Lipinski definition) is 9. The molecule has 55 heavy (non-hydrogen) atoms. The molecule has 1 amide bonds. The fourth-order valence-electron chi connectivity index (χ4n) is 6.56. The van der Waals surface area contributed by atoms with Crippen LogP contribution in [0, 0.1) is 12.8 Å². The molecular weight excluding hydrogens is 757 g/mol. The molecule has 3 atom stereocenters. The average molecular weight is 827 g/mol. The molecule has 2 aromatic rings. The van der Waals surface area contributed by atoms with Crippen molar-refractivity contribution in [3.05, 3.63) is 59.2 Å². The number of amides is 1. The van der Waals surface area contributed by atoms with Crippen molar-refractivity contribution in [1.29, 1.82) is 0 Å². The lowest BCUT2D eigenvalue weighted by Gasteiger charge is -2.23. The van der Waals surface area contributed by atoms with Gasteiger partial charge in [-0.05, 0) is 98.1 Å². The van der Waals surface area contributed by atoms with Gasteiger partial charge in [-0.15, -0.1) is 0 Å². The Hall–Kier alpha value is -2.45. The van der Waals surface area contributed by atoms with E-state index in [4.69, 9.17) is 0 Å². The van der Waals surface area contributed by atoms with Gasteiger partial charge in [0.05, 0.1) is 16.8 Å². The molecular formula is C42H70N2O8S3. The maximum atomic E-state index is 13.4. The van der Waals surface area contributed by atoms with E-state index in [9.17, 15) is 31.5 Å². The zero-order valence-electron chi connectivity index (χ0n) is 34.9. The van der Waals surface area contributed by atoms with Crippen LogP contribution in [0.1, 0.15) is 114 Å². The number of carboxylic acids is 1. The second-order valence-corrected chi connectivity index (χ2v) is 20.6. The van der Waals surface area contributed by atoms with Gasteiger partial charge in [-0.1, -0.05) is 84.2 Å². The van der Waals surface area contributed by atoms with Crippen molar-refractivity contribution in [2.45, 2.75) is 122 Å². The zero-order chi connectivity index (χ0) is 41.6. The van der Waals surface area contributed by atoms with E-state index in [1.54, 1.807) is 20.3 Å². The summed E-state index contributed by atoms with van der Waals surface area (Å²) in [5.41, 5.74) is 3.60. The highest BCUT2D eigenvalue weighted by Gasteiger charge is 2.35. The first-order valence-corrected chi connectivity index (χ1v) is 24.7. The minimum atomic E-state index is -3.41. The predicted molar refractivity (Wildman–Crippen MR) is 231 cm³/mol. The lowest BCUT2D eigenvalue weighted by Crippen LogP contribution is -2.42. The fraction of sp³-hybridized carbons (Fsp3) is 0.667. The number of carbonyl (C=O) groups excluding carboxylic acids is 1. The third-order valence-corrected chi connectivity index (χ3v) is 14.5. The van der Waals surface area contributed by atoms with Gasteiger partial charge in [0.1, 0.15) is 15.9 Å². The van der Waals surface area contributed by atoms with Crippen molar-refractivity contribution in [3.63, 3.8) is 0 Å². The third kappa shape index (κ3) is 19.0. The Balaban J connectivity index is 0.00000101. The van der Waals surface area contributed by atoms with Crippen molar-refractivity contribution < 1.29 is 36.3 Å². The van der Waals surface area contributed by atoms with E-state index in [2.05, 4.69) is 47.5 Å². The van der Waals surface area contributed by atoms with Crippen LogP contribution < -0.4 is 5.32 Å². The van der Waals surface area contributed by atoms with Gasteiger partial charge in [0.25, 0.3) is 5.91 Å². The number of hydrogen-bond donors (Lipinski definition) is 2. The molecule has 1 saturated heterocycles. The summed E-state index contributed by atoms with van der Waals surface area (Å²) in [5, 5.41) is 12.6. The van der Waals surface area contributed by atoms with Gasteiger partial charge in [0, 0.05) is 44.4 Å². The van der Waals surface area contributed by atoms with Crippen molar-refractivity contribution in [1.82, 2.24) is 10.2 Å². The lowest BCUT2D eigenvalue weighted by molar-refractivity contribution is -0.139. The molecule has 314 valence electrons. The first-order chi connectivity index (χ1) is 26.0. The molecule has 2 aliphatic rings. The number of likely N-dealkylation sites (tertiary alicyclic amines) is 1. The Bertz CT molecular complexity index is 1640. The molecule has 0 spiro atoms. The van der Waals surface area contributed by atoms with Crippen molar-refractivity contribution >= 4 is 43.3 Å². The van der Waals surface area contributed by atoms with Crippen LogP contribution in [0.25, 0.3) is 11.1 Å². The number of methoxy groups -OCH3 is 1. The van der Waals surface area contributed by atoms with E-state index in [1.807, 2.05) is 57.2 Å². The number of nitrogens with one attached hydrogen (secondary N) is 1. The van der Waals surface area contributed by atoms with Gasteiger partial charge in [0.2, 0.25) is 0 Å². The highest BCUT2D eigenvalue weighted by atomic mass is 32.2. The van der Waals surface area contributed by atoms with Crippen LogP contribution in [0.2, 0.25) is 0 Å². The predicted octanol–water partition coefficient (Wildman–Crippen LogP) is 8.07. The topological polar surface area (TPSA) is 147 Å². The summed E-state index contributed by atoms with van der Waals surface area (Å²) in [6.07, 6.45) is 9.46. The summed E-state index contributed by atoms with van der Waals surface area (Å²) in [4.78, 5) is 27.3. The Kier molecular flexibility index (Phi) is 24.3. The van der Waals surface area contributed by atoms with Crippen molar-refractivity contribution in [3.8, 4) is 11.1 Å². The van der Waals surface area contributed by atoms with Crippen LogP contribution in [-0.4, -0.2) is 106 Å². The standard InChI is InChI=1S/C31H42N2O7S2.C7H16S.C2H6O.C2H6/c1-22-8-6-7-11-26(22)28-18-24(12-13-27(28)30(34)32-29(31(35)36)15-17-41(2,37)38)19-33-16-14-25(20-33)42(39,40)21-23-9-4-3-5-10-23;1-4-6-8-7(3)5-2;1-3-2;1-2/h6-8,11-13,18,23,25,29H,3-5,9-10,14-17,19-21H2,1-2H3,(H,32,34)(H,35,36);7H,4-6H2,1-3H3;1-2H3;1-2H3. The first kappa shape index (κ1) is 50.6. The monoisotopic (exact) mass is 826 g/mol. The molecule has 0 radical (unpaired) electrons. The number of benzene rings is 2. The van der Waals surface area contributed by atoms with Gasteiger partial charge in [-0.2, -0.15) is 11.8 Å². The molecule has 3 unspecified atom stereocenters. The van der Waals surface area contributed by atoms with Gasteiger partial charge < -0.3 is 15.2 Å². The van der Waals surface area contributed by atoms with Crippen LogP contribution in [0.4, 0.5) is 0 Å². The van der Waals surface area contributed by atoms with Gasteiger partial charge >= 0.3 is 5.97 Å². The van der Waals surface area contributed by atoms with Crippen LogP contribution in [0.5, 0.6) is 0 Å². The van der Waals surface area contributed by atoms with E-state index in [1.165, 1.54) is 25.0 Å². The van der Waals surface area contributed by atoms with Crippen molar-refractivity contribution in [2.75, 3.05) is 50.8 Å². The number of carbonyl (C=O) groups is 2. The molecule has 1 aliphatic carbocycles. The summed E-state index contributed by atoms with van der Waals surface area (Å²) < 4.78 is 53.8. The number of ether oxygens (including phenoxy) is 1. The number of aryl methyl sites for hydroxylation is 1. The smallest absolute Gasteiger partial charge is 0.326 e. The Labute approximate surface area is 337 Å². The minimum Gasteiger partial charge on any atom is -0.480 e. The lowest BCUT2D eigenvalue weighted by atomic mass is 9.91. The number of carboxylic acid groups (broad SMARTS) is 1. The van der Waals surface area contributed by atoms with E-state index >= 15 is 0 Å². The van der Waals surface area contributed by atoms with E-state index in [-0.39, 0.29) is 34.7 Å². The normalized spacial score (nSPS) is 17.3. The Morgan fingerprint density at radius 3 is 2.18 bits per heavy atom. The number of aliphatic carboxylic acids is 1. The highest BCUT2D eigenvalue weighted by molar-refractivity contribution is 7.99. The maximum Gasteiger partial charge on any atom is 0.326 e. The molecule has 1 aliphatic heterocycles. The largest absolute Gasteiger partial charge is 0.480 e. The van der Waals surface area contributed by atoms with Gasteiger partial charge in [0.15, 0.2) is 9.84 Å². The van der Waals surface area contributed by atoms with Crippen molar-refractivity contribution in [2.24, 2.45) is 5.92 Å². The molecule has 0 bridgehead atoms. The number of thioether (sulfide) groups is 1. The highest BCUT2D eigenvalue weighted by Crippen LogP contribution is 2.31. The summed E-state index contributed by atoms with van der Waals surface area (Å²) in [5.74, 6) is -0.372. The zero-order valence-corrected chi connectivity index (χ0v) is 37.4. The number of rotatable bonds is 16. The molecule has 2 aromatic carbocycles. The first-order valence-electron chi connectivity index (χ1n) is 19.9. The maximum absolute atomic E-state index is 13.4. The van der Waals surface area contributed by atoms with Crippen LogP contribution in [-0.2, 0) is 35.8 Å². The van der Waals surface area contributed by atoms with E-state index in [0.29, 0.717) is 31.6 Å². The average Bonchev–Trinajstić information content (AvgIpc) is 3.63. The van der Waals surface area contributed by atoms with E-state index < -0.39 is 37.6 Å². The molecule has 4 rings (SSSR count). The summed E-state index contributed by atoms with van der Waals surface area (Å²) in [7, 11) is -3.33. The van der Waals surface area contributed by atoms with Crippen LogP contribution in [0.3, 0.4) is 0 Å². The molecule has 2 fully saturated rings. The second kappa shape index (κ2) is 26.5. The Morgan fingerprint density at radius 2 is 1.62 bits per heavy atom. The third-order valence-electron chi connectivity index (χ3n) is 9.66. The molecule has 13 heteroatoms. The van der Waals surface area contributed by atoms with Crippen LogP contribution in [0.15, 0.2) is 42.5 Å². The number of sulfone groups is 2. The Morgan fingerprint density at radius 1 is 0.982 bits per heavy atom. The van der Waals surface area contributed by atoms with Crippen LogP contribution >= 0.6 is 11.8 Å². The molecule has 2 N–H and O–H groups in total. The SMILES string of the molecule is CC.CCCSC(C)CC.COC.Cc1ccccc1-c1cc(CN2CCC(S(=O)(=O)CC3CCCCC3)C2)ccc1C(=O)NC(CCS(C)(=O)=O)C(=O)O. The minimum absolute atomic E-state index is 0.239. The van der Waals surface area contributed by atoms with Gasteiger partial charge in [-0.3, -0.25) is 9.69 Å². The summed E-state index contributed by atoms with van der Waals surface area (Å²) in [6, 6.07) is 11.6. The molecule has 1 saturated carbocycles. The molecule has 1 heterocycles. The summed E-state index contributed by atoms with van der Waals surface area (Å²) in [6.45, 7) is 14.4. The van der Waals surface area contributed by atoms with Gasteiger partial charge in [-0.25, -0.2) is 21.6 Å². The number of nitrogens with zero attached hydrogens (tertiary/aromatic N) is 1. The molecule has 10 nitrogen and oxygen atoms in total.